The minimum absolute atomic E-state index is 0.0732. The van der Waals surface area contributed by atoms with E-state index in [1.54, 1.807) is 0 Å². The smallest absolute Gasteiger partial charge is 0.410 e. The Labute approximate surface area is 209 Å². The van der Waals surface area contributed by atoms with E-state index < -0.39 is 0 Å². The Morgan fingerprint density at radius 1 is 0.829 bits per heavy atom. The van der Waals surface area contributed by atoms with E-state index in [2.05, 4.69) is 37.3 Å². The van der Waals surface area contributed by atoms with Gasteiger partial charge >= 0.3 is 6.09 Å². The van der Waals surface area contributed by atoms with Crippen molar-refractivity contribution in [3.05, 3.63) is 119 Å². The van der Waals surface area contributed by atoms with Gasteiger partial charge in [0.15, 0.2) is 0 Å². The fourth-order valence-corrected chi connectivity index (χ4v) is 4.54. The Morgan fingerprint density at radius 3 is 2.00 bits per heavy atom. The average molecular weight is 470 g/mol. The van der Waals surface area contributed by atoms with Gasteiger partial charge in [0, 0.05) is 13.1 Å². The summed E-state index contributed by atoms with van der Waals surface area (Å²) in [6.07, 6.45) is 5.02. The zero-order valence-electron chi connectivity index (χ0n) is 20.5. The maximum Gasteiger partial charge on any atom is 0.410 e. The molecule has 1 amide bonds. The van der Waals surface area contributed by atoms with Crippen LogP contribution in [-0.2, 0) is 29.2 Å². The number of carbonyl (C=O) groups excluding carboxylic acids is 1. The summed E-state index contributed by atoms with van der Waals surface area (Å²) in [5.74, 6) is 0.355. The minimum atomic E-state index is -0.277. The number of hydrogen-bond donors (Lipinski definition) is 0. The fraction of sp³-hybridized carbons (Fsp3) is 0.323. The van der Waals surface area contributed by atoms with Crippen LogP contribution in [0.1, 0.15) is 42.9 Å². The van der Waals surface area contributed by atoms with Gasteiger partial charge in [-0.25, -0.2) is 4.79 Å². The normalized spacial score (nSPS) is 17.1. The van der Waals surface area contributed by atoms with Gasteiger partial charge in [-0.1, -0.05) is 110 Å². The lowest BCUT2D eigenvalue weighted by Gasteiger charge is -2.26. The lowest BCUT2D eigenvalue weighted by molar-refractivity contribution is 0.0325. The van der Waals surface area contributed by atoms with Gasteiger partial charge in [0.05, 0.1) is 12.7 Å². The van der Waals surface area contributed by atoms with E-state index in [0.717, 1.165) is 30.4 Å². The van der Waals surface area contributed by atoms with Gasteiger partial charge in [-0.2, -0.15) is 0 Å². The van der Waals surface area contributed by atoms with Crippen LogP contribution in [-0.4, -0.2) is 23.6 Å². The number of hydrogen-bond acceptors (Lipinski definition) is 3. The molecule has 3 aromatic rings. The summed E-state index contributed by atoms with van der Waals surface area (Å²) in [6.45, 7) is 4.24. The molecule has 1 aliphatic rings. The Morgan fingerprint density at radius 2 is 1.40 bits per heavy atom. The zero-order chi connectivity index (χ0) is 24.3. The van der Waals surface area contributed by atoms with Crippen molar-refractivity contribution in [1.82, 2.24) is 4.90 Å². The number of amides is 1. The highest BCUT2D eigenvalue weighted by Gasteiger charge is 2.29. The molecule has 0 bridgehead atoms. The van der Waals surface area contributed by atoms with Crippen molar-refractivity contribution < 1.29 is 14.3 Å². The molecule has 2 atom stereocenters. The molecular weight excluding hydrogens is 434 g/mol. The molecule has 0 heterocycles. The Kier molecular flexibility index (Phi) is 9.13. The standard InChI is InChI=1S/C31H35NO3/c1-2-25-20-29(30(21-25)34-23-27-14-8-4-9-15-27)18-19-32(22-26-12-6-3-7-13-26)31(33)35-24-28-16-10-5-11-17-28/h3-17,21,29-30H,2,18-20,22-24H2,1H3. The molecule has 2 unspecified atom stereocenters. The number of carbonyl (C=O) groups is 1. The van der Waals surface area contributed by atoms with Gasteiger partial charge in [-0.3, -0.25) is 0 Å². The molecule has 0 aliphatic heterocycles. The maximum absolute atomic E-state index is 13.1. The van der Waals surface area contributed by atoms with E-state index in [-0.39, 0.29) is 18.8 Å². The second-order valence-corrected chi connectivity index (χ2v) is 9.14. The Hall–Kier alpha value is -3.37. The molecule has 0 N–H and O–H groups in total. The van der Waals surface area contributed by atoms with Crippen LogP contribution in [0.2, 0.25) is 0 Å². The van der Waals surface area contributed by atoms with Crippen LogP contribution in [0.15, 0.2) is 103 Å². The van der Waals surface area contributed by atoms with E-state index in [1.165, 1.54) is 11.1 Å². The summed E-state index contributed by atoms with van der Waals surface area (Å²) >= 11 is 0. The maximum atomic E-state index is 13.1. The molecule has 3 aromatic carbocycles. The molecule has 0 saturated carbocycles. The highest BCUT2D eigenvalue weighted by molar-refractivity contribution is 5.67. The molecule has 0 aromatic heterocycles. The highest BCUT2D eigenvalue weighted by Crippen LogP contribution is 2.33. The van der Waals surface area contributed by atoms with Crippen LogP contribution < -0.4 is 0 Å². The van der Waals surface area contributed by atoms with Crippen molar-refractivity contribution in [3.63, 3.8) is 0 Å². The van der Waals surface area contributed by atoms with Crippen molar-refractivity contribution >= 4 is 6.09 Å². The van der Waals surface area contributed by atoms with E-state index in [4.69, 9.17) is 9.47 Å². The van der Waals surface area contributed by atoms with E-state index in [0.29, 0.717) is 25.6 Å². The topological polar surface area (TPSA) is 38.8 Å². The zero-order valence-corrected chi connectivity index (χ0v) is 20.5. The summed E-state index contributed by atoms with van der Waals surface area (Å²) < 4.78 is 12.0. The molecule has 182 valence electrons. The largest absolute Gasteiger partial charge is 0.445 e. The van der Waals surface area contributed by atoms with Crippen LogP contribution in [0.3, 0.4) is 0 Å². The number of ether oxygens (including phenoxy) is 2. The van der Waals surface area contributed by atoms with Crippen LogP contribution in [0.25, 0.3) is 0 Å². The van der Waals surface area contributed by atoms with Gasteiger partial charge in [-0.05, 0) is 41.9 Å². The molecule has 4 nitrogen and oxygen atoms in total. The first-order chi connectivity index (χ1) is 17.2. The molecule has 0 saturated heterocycles. The van der Waals surface area contributed by atoms with Gasteiger partial charge in [0.1, 0.15) is 6.61 Å². The van der Waals surface area contributed by atoms with Crippen molar-refractivity contribution in [2.24, 2.45) is 5.92 Å². The summed E-state index contributed by atoms with van der Waals surface area (Å²) in [7, 11) is 0. The third-order valence-corrected chi connectivity index (χ3v) is 6.58. The van der Waals surface area contributed by atoms with Crippen LogP contribution in [0, 0.1) is 5.92 Å². The predicted molar refractivity (Wildman–Crippen MR) is 140 cm³/mol. The number of rotatable bonds is 11. The summed E-state index contributed by atoms with van der Waals surface area (Å²) in [4.78, 5) is 14.9. The van der Waals surface area contributed by atoms with E-state index in [9.17, 15) is 4.79 Å². The summed E-state index contributed by atoms with van der Waals surface area (Å²) in [5, 5.41) is 0. The monoisotopic (exact) mass is 469 g/mol. The highest BCUT2D eigenvalue weighted by atomic mass is 16.6. The van der Waals surface area contributed by atoms with Gasteiger partial charge in [-0.15, -0.1) is 0 Å². The molecule has 0 radical (unpaired) electrons. The quantitative estimate of drug-likeness (QED) is 0.280. The second kappa shape index (κ2) is 12.9. The lowest BCUT2D eigenvalue weighted by Crippen LogP contribution is -2.34. The second-order valence-electron chi connectivity index (χ2n) is 9.14. The molecule has 0 spiro atoms. The van der Waals surface area contributed by atoms with E-state index in [1.807, 2.05) is 71.6 Å². The van der Waals surface area contributed by atoms with Gasteiger partial charge in [0.2, 0.25) is 0 Å². The van der Waals surface area contributed by atoms with Crippen molar-refractivity contribution in [3.8, 4) is 0 Å². The first kappa shape index (κ1) is 24.7. The van der Waals surface area contributed by atoms with Crippen molar-refractivity contribution in [2.75, 3.05) is 6.54 Å². The predicted octanol–water partition coefficient (Wildman–Crippen LogP) is 7.16. The lowest BCUT2D eigenvalue weighted by atomic mass is 9.98. The van der Waals surface area contributed by atoms with Crippen molar-refractivity contribution in [1.29, 1.82) is 0 Å². The van der Waals surface area contributed by atoms with Crippen LogP contribution in [0.5, 0.6) is 0 Å². The van der Waals surface area contributed by atoms with Gasteiger partial charge in [0.25, 0.3) is 0 Å². The number of benzene rings is 3. The van der Waals surface area contributed by atoms with Crippen molar-refractivity contribution in [2.45, 2.75) is 52.0 Å². The fourth-order valence-electron chi connectivity index (χ4n) is 4.54. The summed E-state index contributed by atoms with van der Waals surface area (Å²) in [5.41, 5.74) is 4.71. The third kappa shape index (κ3) is 7.56. The molecular formula is C31H35NO3. The Balaban J connectivity index is 1.38. The summed E-state index contributed by atoms with van der Waals surface area (Å²) in [6, 6.07) is 30.2. The average Bonchev–Trinajstić information content (AvgIpc) is 3.32. The van der Waals surface area contributed by atoms with Crippen LogP contribution >= 0.6 is 0 Å². The number of nitrogens with zero attached hydrogens (tertiary/aromatic N) is 1. The molecule has 4 heteroatoms. The number of allylic oxidation sites excluding steroid dienone is 1. The van der Waals surface area contributed by atoms with E-state index >= 15 is 0 Å². The minimum Gasteiger partial charge on any atom is -0.445 e. The third-order valence-electron chi connectivity index (χ3n) is 6.58. The first-order valence-electron chi connectivity index (χ1n) is 12.6. The molecule has 1 aliphatic carbocycles. The first-order valence-corrected chi connectivity index (χ1v) is 12.6. The molecule has 35 heavy (non-hydrogen) atoms. The molecule has 4 rings (SSSR count). The SMILES string of the molecule is CCC1=CC(OCc2ccccc2)C(CCN(Cc2ccccc2)C(=O)OCc2ccccc2)C1. The molecule has 0 fully saturated rings. The Bertz CT molecular complexity index is 1070. The van der Waals surface area contributed by atoms with Crippen LogP contribution in [0.4, 0.5) is 4.79 Å². The van der Waals surface area contributed by atoms with Gasteiger partial charge < -0.3 is 14.4 Å².